The number of nitrogens with zero attached hydrogens (tertiary/aromatic N) is 3. The van der Waals surface area contributed by atoms with E-state index in [0.29, 0.717) is 23.0 Å². The number of aromatic nitrogens is 2. The minimum absolute atomic E-state index is 0.0896. The molecule has 6 heteroatoms. The number of benzene rings is 2. The maximum atomic E-state index is 13.5. The Balaban J connectivity index is 1.83. The fourth-order valence-corrected chi connectivity index (χ4v) is 4.26. The highest BCUT2D eigenvalue weighted by Gasteiger charge is 2.23. The van der Waals surface area contributed by atoms with Gasteiger partial charge in [0.05, 0.1) is 18.4 Å². The zero-order valence-corrected chi connectivity index (χ0v) is 17.4. The standard InChI is InChI=1S/C23H21N3O2S/c1-15-6-4-8-18(12-15)22(27)26(14-17-7-5-11-24-13-17)23-25-20-19(28-3)10-9-16(2)21(20)29-23/h4-13H,14H2,1-3H3. The molecule has 0 saturated carbocycles. The number of hydrogen-bond acceptors (Lipinski definition) is 5. The average molecular weight is 404 g/mol. The van der Waals surface area contributed by atoms with Crippen molar-refractivity contribution < 1.29 is 9.53 Å². The van der Waals surface area contributed by atoms with Gasteiger partial charge in [-0.2, -0.15) is 0 Å². The van der Waals surface area contributed by atoms with Crippen LogP contribution in [0.2, 0.25) is 0 Å². The quantitative estimate of drug-likeness (QED) is 0.462. The summed E-state index contributed by atoms with van der Waals surface area (Å²) in [6, 6.07) is 15.4. The van der Waals surface area contributed by atoms with Crippen LogP contribution in [0.3, 0.4) is 0 Å². The van der Waals surface area contributed by atoms with Crippen molar-refractivity contribution in [2.45, 2.75) is 20.4 Å². The number of ether oxygens (including phenoxy) is 1. The van der Waals surface area contributed by atoms with Crippen LogP contribution < -0.4 is 9.64 Å². The van der Waals surface area contributed by atoms with Crippen LogP contribution in [-0.2, 0) is 6.54 Å². The number of fused-ring (bicyclic) bond motifs is 1. The Kier molecular flexibility index (Phi) is 5.27. The summed E-state index contributed by atoms with van der Waals surface area (Å²) in [5.74, 6) is 0.616. The lowest BCUT2D eigenvalue weighted by molar-refractivity contribution is 0.0985. The number of carbonyl (C=O) groups excluding carboxylic acids is 1. The molecule has 0 saturated heterocycles. The predicted octanol–water partition coefficient (Wildman–Crippen LogP) is 5.16. The van der Waals surface area contributed by atoms with E-state index < -0.39 is 0 Å². The summed E-state index contributed by atoms with van der Waals surface area (Å²) in [6.45, 7) is 4.41. The number of methoxy groups -OCH3 is 1. The third kappa shape index (κ3) is 3.84. The van der Waals surface area contributed by atoms with Crippen molar-refractivity contribution in [2.75, 3.05) is 12.0 Å². The summed E-state index contributed by atoms with van der Waals surface area (Å²) in [5, 5.41) is 0.642. The first-order valence-corrected chi connectivity index (χ1v) is 10.1. The number of anilines is 1. The molecule has 0 unspecified atom stereocenters. The van der Waals surface area contributed by atoms with Gasteiger partial charge in [0.25, 0.3) is 5.91 Å². The molecule has 0 aliphatic rings. The lowest BCUT2D eigenvalue weighted by atomic mass is 10.1. The van der Waals surface area contributed by atoms with Crippen molar-refractivity contribution >= 4 is 32.6 Å². The Bertz CT molecular complexity index is 1170. The Labute approximate surface area is 173 Å². The summed E-state index contributed by atoms with van der Waals surface area (Å²) in [6.07, 6.45) is 3.50. The van der Waals surface area contributed by atoms with Crippen LogP contribution in [0.4, 0.5) is 5.13 Å². The van der Waals surface area contributed by atoms with Crippen molar-refractivity contribution in [3.05, 3.63) is 83.2 Å². The summed E-state index contributed by atoms with van der Waals surface area (Å²) in [7, 11) is 1.63. The van der Waals surface area contributed by atoms with Gasteiger partial charge in [0.2, 0.25) is 0 Å². The maximum Gasteiger partial charge on any atom is 0.260 e. The third-order valence-electron chi connectivity index (χ3n) is 4.72. The van der Waals surface area contributed by atoms with Crippen molar-refractivity contribution in [3.63, 3.8) is 0 Å². The maximum absolute atomic E-state index is 13.5. The number of pyridine rings is 1. The molecule has 4 aromatic rings. The topological polar surface area (TPSA) is 55.3 Å². The summed E-state index contributed by atoms with van der Waals surface area (Å²) in [4.78, 5) is 24.2. The molecule has 0 aliphatic heterocycles. The number of carbonyl (C=O) groups is 1. The highest BCUT2D eigenvalue weighted by Crippen LogP contribution is 2.37. The first-order valence-electron chi connectivity index (χ1n) is 9.28. The van der Waals surface area contributed by atoms with Crippen molar-refractivity contribution in [3.8, 4) is 5.75 Å². The molecular weight excluding hydrogens is 382 g/mol. The van der Waals surface area contributed by atoms with Gasteiger partial charge in [0, 0.05) is 18.0 Å². The number of hydrogen-bond donors (Lipinski definition) is 0. The molecule has 0 spiro atoms. The van der Waals surface area contributed by atoms with E-state index in [9.17, 15) is 4.79 Å². The van der Waals surface area contributed by atoms with Gasteiger partial charge < -0.3 is 4.74 Å². The fraction of sp³-hybridized carbons (Fsp3) is 0.174. The molecule has 146 valence electrons. The Morgan fingerprint density at radius 3 is 2.72 bits per heavy atom. The van der Waals surface area contributed by atoms with E-state index in [1.54, 1.807) is 24.4 Å². The second-order valence-electron chi connectivity index (χ2n) is 6.88. The van der Waals surface area contributed by atoms with Crippen LogP contribution in [0.1, 0.15) is 27.0 Å². The van der Waals surface area contributed by atoms with E-state index in [0.717, 1.165) is 26.9 Å². The van der Waals surface area contributed by atoms with E-state index in [2.05, 4.69) is 4.98 Å². The van der Waals surface area contributed by atoms with E-state index in [1.807, 2.05) is 62.4 Å². The van der Waals surface area contributed by atoms with Gasteiger partial charge >= 0.3 is 0 Å². The normalized spacial score (nSPS) is 10.9. The van der Waals surface area contributed by atoms with Gasteiger partial charge in [-0.25, -0.2) is 4.98 Å². The minimum Gasteiger partial charge on any atom is -0.494 e. The summed E-state index contributed by atoms with van der Waals surface area (Å²) in [5.41, 5.74) is 4.50. The molecule has 5 nitrogen and oxygen atoms in total. The van der Waals surface area contributed by atoms with Crippen molar-refractivity contribution in [1.29, 1.82) is 0 Å². The van der Waals surface area contributed by atoms with Crippen LogP contribution in [0.5, 0.6) is 5.75 Å². The number of amides is 1. The van der Waals surface area contributed by atoms with Gasteiger partial charge in [0.1, 0.15) is 11.3 Å². The third-order valence-corrected chi connectivity index (χ3v) is 5.93. The molecule has 0 aliphatic carbocycles. The van der Waals surface area contributed by atoms with Gasteiger partial charge in [-0.15, -0.1) is 0 Å². The van der Waals surface area contributed by atoms with E-state index in [-0.39, 0.29) is 5.91 Å². The first kappa shape index (κ1) is 19.1. The second kappa shape index (κ2) is 8.01. The van der Waals surface area contributed by atoms with Gasteiger partial charge in [-0.05, 0) is 49.2 Å². The number of thiazole rings is 1. The average Bonchev–Trinajstić information content (AvgIpc) is 3.19. The predicted molar refractivity (Wildman–Crippen MR) is 117 cm³/mol. The van der Waals surface area contributed by atoms with Gasteiger partial charge in [0.15, 0.2) is 5.13 Å². The molecule has 0 atom stereocenters. The fourth-order valence-electron chi connectivity index (χ4n) is 3.21. The van der Waals surface area contributed by atoms with Gasteiger partial charge in [-0.1, -0.05) is 41.2 Å². The highest BCUT2D eigenvalue weighted by molar-refractivity contribution is 7.22. The molecule has 29 heavy (non-hydrogen) atoms. The zero-order valence-electron chi connectivity index (χ0n) is 16.5. The van der Waals surface area contributed by atoms with Crippen molar-refractivity contribution in [1.82, 2.24) is 9.97 Å². The Morgan fingerprint density at radius 1 is 1.14 bits per heavy atom. The molecule has 2 heterocycles. The molecule has 1 amide bonds. The van der Waals surface area contributed by atoms with E-state index in [4.69, 9.17) is 9.72 Å². The SMILES string of the molecule is COc1ccc(C)c2sc(N(Cc3cccnc3)C(=O)c3cccc(C)c3)nc12. The minimum atomic E-state index is -0.0896. The molecule has 0 N–H and O–H groups in total. The highest BCUT2D eigenvalue weighted by atomic mass is 32.1. The van der Waals surface area contributed by atoms with E-state index in [1.165, 1.54) is 11.3 Å². The summed E-state index contributed by atoms with van der Waals surface area (Å²) < 4.78 is 6.51. The molecule has 4 rings (SSSR count). The van der Waals surface area contributed by atoms with E-state index >= 15 is 0 Å². The molecule has 2 aromatic heterocycles. The first-order chi connectivity index (χ1) is 14.1. The Hall–Kier alpha value is -3.25. The number of aryl methyl sites for hydroxylation is 2. The zero-order chi connectivity index (χ0) is 20.4. The molecule has 2 aromatic carbocycles. The molecular formula is C23H21N3O2S. The molecule has 0 fully saturated rings. The smallest absolute Gasteiger partial charge is 0.260 e. The number of rotatable bonds is 5. The largest absolute Gasteiger partial charge is 0.494 e. The van der Waals surface area contributed by atoms with Crippen molar-refractivity contribution in [2.24, 2.45) is 0 Å². The lowest BCUT2D eigenvalue weighted by Gasteiger charge is -2.20. The molecule has 0 radical (unpaired) electrons. The van der Waals surface area contributed by atoms with Gasteiger partial charge in [-0.3, -0.25) is 14.7 Å². The second-order valence-corrected chi connectivity index (χ2v) is 7.86. The van der Waals surface area contributed by atoms with Crippen LogP contribution in [0.25, 0.3) is 10.2 Å². The Morgan fingerprint density at radius 2 is 2.00 bits per heavy atom. The van der Waals surface area contributed by atoms with Crippen LogP contribution in [0, 0.1) is 13.8 Å². The van der Waals surface area contributed by atoms with Crippen LogP contribution in [0.15, 0.2) is 60.9 Å². The van der Waals surface area contributed by atoms with Crippen LogP contribution in [-0.4, -0.2) is 23.0 Å². The molecule has 0 bridgehead atoms. The summed E-state index contributed by atoms with van der Waals surface area (Å²) >= 11 is 1.50. The lowest BCUT2D eigenvalue weighted by Crippen LogP contribution is -2.30. The monoisotopic (exact) mass is 403 g/mol. The van der Waals surface area contributed by atoms with Crippen LogP contribution >= 0.6 is 11.3 Å².